The van der Waals surface area contributed by atoms with Gasteiger partial charge < -0.3 is 4.48 Å². The van der Waals surface area contributed by atoms with Crippen LogP contribution < -0.4 is 0 Å². The Labute approximate surface area is 128 Å². The van der Waals surface area contributed by atoms with Crippen molar-refractivity contribution < 1.29 is 4.48 Å². The summed E-state index contributed by atoms with van der Waals surface area (Å²) in [6.45, 7) is 3.60. The summed E-state index contributed by atoms with van der Waals surface area (Å²) in [5.74, 6) is 0. The van der Waals surface area contributed by atoms with Crippen molar-refractivity contribution in [1.29, 1.82) is 0 Å². The lowest BCUT2D eigenvalue weighted by molar-refractivity contribution is -0.870. The molecule has 0 unspecified atom stereocenters. The zero-order valence-electron chi connectivity index (χ0n) is 10.6. The first-order chi connectivity index (χ1) is 5.56. The summed E-state index contributed by atoms with van der Waals surface area (Å²) in [5, 5.41) is 0. The maximum absolute atomic E-state index is 2.27. The van der Waals surface area contributed by atoms with Crippen molar-refractivity contribution in [2.45, 2.75) is 45.4 Å². The molecule has 0 N–H and O–H groups in total. The molecular weight excluding hydrogens is 386 g/mol. The third kappa shape index (κ3) is 25.6. The highest BCUT2D eigenvalue weighted by molar-refractivity contribution is 8.93. The predicted molar refractivity (Wildman–Crippen MR) is 87.2 cm³/mol. The molecule has 0 aliphatic rings. The normalized spacial score (nSPS) is 9.60. The molecular formula is C11H29Br3N+. The third-order valence-corrected chi connectivity index (χ3v) is 2.18. The fourth-order valence-corrected chi connectivity index (χ4v) is 1.37. The summed E-state index contributed by atoms with van der Waals surface area (Å²) in [7, 11) is 6.81. The summed E-state index contributed by atoms with van der Waals surface area (Å²) in [4.78, 5) is 0. The number of nitrogens with zero attached hydrogens (tertiary/aromatic N) is 1. The van der Waals surface area contributed by atoms with Gasteiger partial charge in [0.15, 0.2) is 0 Å². The van der Waals surface area contributed by atoms with E-state index in [0.29, 0.717) is 0 Å². The average molecular weight is 415 g/mol. The molecule has 0 aromatic heterocycles. The molecule has 0 aliphatic carbocycles. The van der Waals surface area contributed by atoms with E-state index >= 15 is 0 Å². The van der Waals surface area contributed by atoms with Gasteiger partial charge in [0.05, 0.1) is 27.7 Å². The van der Waals surface area contributed by atoms with Crippen molar-refractivity contribution in [2.24, 2.45) is 0 Å². The molecule has 0 aromatic carbocycles. The Hall–Kier alpha value is 1.40. The van der Waals surface area contributed by atoms with Gasteiger partial charge >= 0.3 is 0 Å². The van der Waals surface area contributed by atoms with E-state index in [1.54, 1.807) is 0 Å². The molecule has 4 heteroatoms. The van der Waals surface area contributed by atoms with Gasteiger partial charge in [0, 0.05) is 0 Å². The molecule has 0 fully saturated rings. The molecule has 98 valence electrons. The zero-order valence-corrected chi connectivity index (χ0v) is 15.8. The predicted octanol–water partition coefficient (Wildman–Crippen LogP) is 4.79. The number of rotatable bonds is 7. The number of hydrogen-bond acceptors (Lipinski definition) is 0. The van der Waals surface area contributed by atoms with E-state index in [2.05, 4.69) is 28.1 Å². The highest BCUT2D eigenvalue weighted by atomic mass is 79.9. The molecule has 0 aliphatic heterocycles. The van der Waals surface area contributed by atoms with Crippen molar-refractivity contribution in [2.75, 3.05) is 27.7 Å². The Morgan fingerprint density at radius 3 is 1.47 bits per heavy atom. The minimum Gasteiger partial charge on any atom is -0.331 e. The molecule has 0 amide bonds. The Balaban J connectivity index is -0.000000202. The first-order valence-corrected chi connectivity index (χ1v) is 5.36. The minimum absolute atomic E-state index is 0. The van der Waals surface area contributed by atoms with Crippen LogP contribution in [0.3, 0.4) is 0 Å². The fraction of sp³-hybridized carbons (Fsp3) is 1.00. The first-order valence-electron chi connectivity index (χ1n) is 5.36. The lowest BCUT2D eigenvalue weighted by Gasteiger charge is -2.23. The summed E-state index contributed by atoms with van der Waals surface area (Å²) >= 11 is 0. The van der Waals surface area contributed by atoms with Crippen molar-refractivity contribution in [3.8, 4) is 0 Å². The molecule has 0 atom stereocenters. The monoisotopic (exact) mass is 412 g/mol. The van der Waals surface area contributed by atoms with E-state index in [9.17, 15) is 0 Å². The minimum atomic E-state index is 0. The van der Waals surface area contributed by atoms with Gasteiger partial charge in [-0.1, -0.05) is 32.6 Å². The van der Waals surface area contributed by atoms with Gasteiger partial charge in [0.1, 0.15) is 0 Å². The number of hydrogen-bond donors (Lipinski definition) is 0. The lowest BCUT2D eigenvalue weighted by atomic mass is 10.1. The molecule has 0 saturated heterocycles. The molecule has 0 bridgehead atoms. The van der Waals surface area contributed by atoms with Crippen LogP contribution in [0.25, 0.3) is 0 Å². The Morgan fingerprint density at radius 2 is 1.07 bits per heavy atom. The Kier molecular flexibility index (Phi) is 26.0. The van der Waals surface area contributed by atoms with Gasteiger partial charge in [-0.25, -0.2) is 0 Å². The fourth-order valence-electron chi connectivity index (χ4n) is 1.37. The van der Waals surface area contributed by atoms with Crippen LogP contribution in [0.1, 0.15) is 45.4 Å². The topological polar surface area (TPSA) is 0 Å². The van der Waals surface area contributed by atoms with Gasteiger partial charge in [-0.15, -0.1) is 50.9 Å². The van der Waals surface area contributed by atoms with E-state index in [1.165, 1.54) is 45.1 Å². The number of halogens is 3. The van der Waals surface area contributed by atoms with E-state index in [1.807, 2.05) is 0 Å². The SMILES string of the molecule is Br.Br.Br.CCCCCCCC[N+](C)(C)C. The summed E-state index contributed by atoms with van der Waals surface area (Å²) in [5.41, 5.74) is 0. The van der Waals surface area contributed by atoms with Crippen molar-refractivity contribution in [1.82, 2.24) is 0 Å². The van der Waals surface area contributed by atoms with Crippen LogP contribution in [0.5, 0.6) is 0 Å². The second kappa shape index (κ2) is 15.4. The third-order valence-electron chi connectivity index (χ3n) is 2.18. The Morgan fingerprint density at radius 1 is 0.667 bits per heavy atom. The van der Waals surface area contributed by atoms with Gasteiger partial charge in [-0.05, 0) is 12.8 Å². The van der Waals surface area contributed by atoms with Crippen LogP contribution in [-0.2, 0) is 0 Å². The van der Waals surface area contributed by atoms with Crippen LogP contribution in [0.15, 0.2) is 0 Å². The van der Waals surface area contributed by atoms with Gasteiger partial charge in [0.25, 0.3) is 0 Å². The maximum atomic E-state index is 2.27. The van der Waals surface area contributed by atoms with Gasteiger partial charge in [0.2, 0.25) is 0 Å². The second-order valence-electron chi connectivity index (χ2n) is 4.78. The molecule has 0 radical (unpaired) electrons. The largest absolute Gasteiger partial charge is 0.331 e. The number of unbranched alkanes of at least 4 members (excludes halogenated alkanes) is 5. The lowest BCUT2D eigenvalue weighted by Crippen LogP contribution is -2.35. The van der Waals surface area contributed by atoms with Gasteiger partial charge in [-0.2, -0.15) is 0 Å². The van der Waals surface area contributed by atoms with E-state index < -0.39 is 0 Å². The maximum Gasteiger partial charge on any atom is 0.0780 e. The standard InChI is InChI=1S/C11H26N.3BrH/c1-5-6-7-8-9-10-11-12(2,3)4;;;/h5-11H2,1-4H3;3*1H/q+1;;;. The van der Waals surface area contributed by atoms with Crippen LogP contribution in [-0.4, -0.2) is 32.2 Å². The van der Waals surface area contributed by atoms with Crippen molar-refractivity contribution in [3.63, 3.8) is 0 Å². The van der Waals surface area contributed by atoms with E-state index in [0.717, 1.165) is 4.48 Å². The molecule has 0 rings (SSSR count). The quantitative estimate of drug-likeness (QED) is 0.415. The van der Waals surface area contributed by atoms with E-state index in [-0.39, 0.29) is 50.9 Å². The second-order valence-corrected chi connectivity index (χ2v) is 4.78. The van der Waals surface area contributed by atoms with Crippen molar-refractivity contribution >= 4 is 50.9 Å². The molecule has 0 heterocycles. The highest BCUT2D eigenvalue weighted by Crippen LogP contribution is 2.06. The average Bonchev–Trinajstić information content (AvgIpc) is 1.94. The van der Waals surface area contributed by atoms with Gasteiger partial charge in [-0.3, -0.25) is 0 Å². The molecule has 0 spiro atoms. The zero-order chi connectivity index (χ0) is 9.45. The Bertz CT molecular complexity index is 102. The highest BCUT2D eigenvalue weighted by Gasteiger charge is 2.04. The smallest absolute Gasteiger partial charge is 0.0780 e. The first kappa shape index (κ1) is 25.3. The molecule has 0 aromatic rings. The molecule has 0 saturated carbocycles. The van der Waals surface area contributed by atoms with Crippen molar-refractivity contribution in [3.05, 3.63) is 0 Å². The molecule has 15 heavy (non-hydrogen) atoms. The number of quaternary nitrogens is 1. The van der Waals surface area contributed by atoms with Crippen LogP contribution in [0.4, 0.5) is 0 Å². The van der Waals surface area contributed by atoms with Crippen LogP contribution in [0.2, 0.25) is 0 Å². The van der Waals surface area contributed by atoms with Crippen LogP contribution >= 0.6 is 50.9 Å². The summed E-state index contributed by atoms with van der Waals surface area (Å²) in [6.07, 6.45) is 8.48. The molecule has 1 nitrogen and oxygen atoms in total. The summed E-state index contributed by atoms with van der Waals surface area (Å²) in [6, 6.07) is 0. The van der Waals surface area contributed by atoms with Crippen LogP contribution in [0, 0.1) is 0 Å². The van der Waals surface area contributed by atoms with E-state index in [4.69, 9.17) is 0 Å². The summed E-state index contributed by atoms with van der Waals surface area (Å²) < 4.78 is 1.12.